The van der Waals surface area contributed by atoms with Gasteiger partial charge in [-0.05, 0) is 25.0 Å². The van der Waals surface area contributed by atoms with Crippen molar-refractivity contribution in [1.82, 2.24) is 9.88 Å². The molecule has 0 radical (unpaired) electrons. The van der Waals surface area contributed by atoms with E-state index in [1.54, 1.807) is 12.3 Å². The van der Waals surface area contributed by atoms with Crippen LogP contribution in [-0.2, 0) is 11.3 Å². The maximum absolute atomic E-state index is 11.9. The highest BCUT2D eigenvalue weighted by Gasteiger charge is 2.16. The molecule has 0 unspecified atom stereocenters. The smallest absolute Gasteiger partial charge is 0.222 e. The molecular formula is C13H19N3O. The van der Waals surface area contributed by atoms with Crippen LogP contribution in [0.5, 0.6) is 0 Å². The van der Waals surface area contributed by atoms with Gasteiger partial charge in [0.05, 0.1) is 12.2 Å². The number of nitrogens with zero attached hydrogens (tertiary/aromatic N) is 2. The Morgan fingerprint density at radius 3 is 2.94 bits per heavy atom. The van der Waals surface area contributed by atoms with Crippen LogP contribution in [0.25, 0.3) is 0 Å². The lowest BCUT2D eigenvalue weighted by atomic mass is 10.1. The number of likely N-dealkylation sites (tertiary alicyclic amines) is 1. The van der Waals surface area contributed by atoms with Gasteiger partial charge >= 0.3 is 0 Å². The molecule has 1 amide bonds. The lowest BCUT2D eigenvalue weighted by Crippen LogP contribution is -2.32. The number of hydrogen-bond acceptors (Lipinski definition) is 3. The van der Waals surface area contributed by atoms with Gasteiger partial charge in [-0.1, -0.05) is 12.8 Å². The lowest BCUT2D eigenvalue weighted by molar-refractivity contribution is -0.132. The number of anilines is 1. The zero-order chi connectivity index (χ0) is 12.1. The molecule has 0 spiro atoms. The summed E-state index contributed by atoms with van der Waals surface area (Å²) in [6, 6.07) is 3.60. The number of pyridine rings is 1. The van der Waals surface area contributed by atoms with E-state index >= 15 is 0 Å². The second-order valence-electron chi connectivity index (χ2n) is 4.56. The number of nitrogen functional groups attached to an aromatic ring is 1. The third-order valence-electron chi connectivity index (χ3n) is 3.11. The number of carbonyl (C=O) groups is 1. The van der Waals surface area contributed by atoms with Crippen LogP contribution in [0.15, 0.2) is 18.3 Å². The lowest BCUT2D eigenvalue weighted by Gasteiger charge is -2.24. The van der Waals surface area contributed by atoms with E-state index in [2.05, 4.69) is 4.98 Å². The fourth-order valence-corrected chi connectivity index (χ4v) is 2.16. The number of nitrogens with two attached hydrogens (primary N) is 1. The van der Waals surface area contributed by atoms with Gasteiger partial charge in [-0.15, -0.1) is 0 Å². The summed E-state index contributed by atoms with van der Waals surface area (Å²) < 4.78 is 0. The van der Waals surface area contributed by atoms with Crippen molar-refractivity contribution in [1.29, 1.82) is 0 Å². The fourth-order valence-electron chi connectivity index (χ4n) is 2.16. The molecule has 4 heteroatoms. The molecule has 1 aliphatic rings. The predicted molar refractivity (Wildman–Crippen MR) is 67.2 cm³/mol. The molecule has 1 fully saturated rings. The summed E-state index contributed by atoms with van der Waals surface area (Å²) in [5, 5.41) is 0. The number of aromatic nitrogens is 1. The minimum Gasteiger partial charge on any atom is -0.399 e. The minimum atomic E-state index is 0.244. The average molecular weight is 233 g/mol. The van der Waals surface area contributed by atoms with E-state index < -0.39 is 0 Å². The molecule has 2 heterocycles. The summed E-state index contributed by atoms with van der Waals surface area (Å²) in [6.07, 6.45) is 6.86. The second kappa shape index (κ2) is 5.66. The molecule has 2 rings (SSSR count). The van der Waals surface area contributed by atoms with Crippen molar-refractivity contribution in [3.05, 3.63) is 24.0 Å². The van der Waals surface area contributed by atoms with Crippen molar-refractivity contribution in [2.24, 2.45) is 0 Å². The van der Waals surface area contributed by atoms with Gasteiger partial charge in [0.15, 0.2) is 0 Å². The Morgan fingerprint density at radius 1 is 1.29 bits per heavy atom. The highest BCUT2D eigenvalue weighted by atomic mass is 16.2. The SMILES string of the molecule is Nc1ccnc(CN2CCCCCCC2=O)c1. The number of hydrogen-bond donors (Lipinski definition) is 1. The molecule has 0 atom stereocenters. The average Bonchev–Trinajstić information content (AvgIpc) is 2.29. The van der Waals surface area contributed by atoms with Gasteiger partial charge in [-0.3, -0.25) is 9.78 Å². The van der Waals surface area contributed by atoms with Crippen LogP contribution in [0.4, 0.5) is 5.69 Å². The first kappa shape index (κ1) is 11.9. The second-order valence-corrected chi connectivity index (χ2v) is 4.56. The van der Waals surface area contributed by atoms with Gasteiger partial charge in [0, 0.05) is 24.8 Å². The molecule has 0 bridgehead atoms. The van der Waals surface area contributed by atoms with Gasteiger partial charge in [-0.2, -0.15) is 0 Å². The van der Waals surface area contributed by atoms with E-state index in [9.17, 15) is 4.79 Å². The van der Waals surface area contributed by atoms with Crippen molar-refractivity contribution in [2.45, 2.75) is 38.6 Å². The highest BCUT2D eigenvalue weighted by molar-refractivity contribution is 5.76. The number of amides is 1. The Balaban J connectivity index is 2.02. The standard InChI is InChI=1S/C13H19N3O/c14-11-6-7-15-12(9-11)10-16-8-4-2-1-3-5-13(16)17/h6-7,9H,1-5,8,10H2,(H2,14,15). The summed E-state index contributed by atoms with van der Waals surface area (Å²) in [6.45, 7) is 1.43. The van der Waals surface area contributed by atoms with Gasteiger partial charge in [0.25, 0.3) is 0 Å². The van der Waals surface area contributed by atoms with Gasteiger partial charge < -0.3 is 10.6 Å². The van der Waals surface area contributed by atoms with Crippen molar-refractivity contribution in [3.8, 4) is 0 Å². The quantitative estimate of drug-likeness (QED) is 0.849. The Kier molecular flexibility index (Phi) is 3.96. The summed E-state index contributed by atoms with van der Waals surface area (Å²) in [4.78, 5) is 18.1. The normalized spacial score (nSPS) is 17.6. The molecule has 17 heavy (non-hydrogen) atoms. The summed E-state index contributed by atoms with van der Waals surface area (Å²) in [7, 11) is 0. The van der Waals surface area contributed by atoms with Crippen LogP contribution in [0, 0.1) is 0 Å². The first-order valence-corrected chi connectivity index (χ1v) is 6.24. The van der Waals surface area contributed by atoms with Crippen molar-refractivity contribution in [2.75, 3.05) is 12.3 Å². The molecule has 2 N–H and O–H groups in total. The maximum Gasteiger partial charge on any atom is 0.222 e. The Hall–Kier alpha value is -1.58. The fraction of sp³-hybridized carbons (Fsp3) is 0.538. The van der Waals surface area contributed by atoms with Crippen LogP contribution in [0.1, 0.15) is 37.8 Å². The molecule has 1 aliphatic heterocycles. The molecular weight excluding hydrogens is 214 g/mol. The van der Waals surface area contributed by atoms with E-state index in [0.29, 0.717) is 18.7 Å². The molecule has 0 aromatic carbocycles. The van der Waals surface area contributed by atoms with Crippen LogP contribution in [0.3, 0.4) is 0 Å². The summed E-state index contributed by atoms with van der Waals surface area (Å²) >= 11 is 0. The molecule has 92 valence electrons. The zero-order valence-corrected chi connectivity index (χ0v) is 10.1. The van der Waals surface area contributed by atoms with E-state index in [1.807, 2.05) is 11.0 Å². The van der Waals surface area contributed by atoms with Crippen LogP contribution in [-0.4, -0.2) is 22.3 Å². The van der Waals surface area contributed by atoms with E-state index in [-0.39, 0.29) is 5.91 Å². The molecule has 1 saturated heterocycles. The number of rotatable bonds is 2. The monoisotopic (exact) mass is 233 g/mol. The first-order valence-electron chi connectivity index (χ1n) is 6.24. The summed E-state index contributed by atoms with van der Waals surface area (Å²) in [5.41, 5.74) is 7.29. The maximum atomic E-state index is 11.9. The van der Waals surface area contributed by atoms with Gasteiger partial charge in [0.1, 0.15) is 0 Å². The van der Waals surface area contributed by atoms with Gasteiger partial charge in [-0.25, -0.2) is 0 Å². The first-order chi connectivity index (χ1) is 8.25. The van der Waals surface area contributed by atoms with Crippen molar-refractivity contribution < 1.29 is 4.79 Å². The number of carbonyl (C=O) groups excluding carboxylic acids is 1. The zero-order valence-electron chi connectivity index (χ0n) is 10.1. The van der Waals surface area contributed by atoms with Crippen LogP contribution < -0.4 is 5.73 Å². The Labute approximate surface area is 102 Å². The van der Waals surface area contributed by atoms with Crippen LogP contribution >= 0.6 is 0 Å². The predicted octanol–water partition coefficient (Wildman–Crippen LogP) is 1.96. The Bertz CT molecular complexity index is 392. The van der Waals surface area contributed by atoms with Crippen molar-refractivity contribution >= 4 is 11.6 Å². The third kappa shape index (κ3) is 3.44. The molecule has 0 aliphatic carbocycles. The molecule has 0 saturated carbocycles. The largest absolute Gasteiger partial charge is 0.399 e. The topological polar surface area (TPSA) is 59.2 Å². The Morgan fingerprint density at radius 2 is 2.12 bits per heavy atom. The van der Waals surface area contributed by atoms with E-state index in [0.717, 1.165) is 25.1 Å². The van der Waals surface area contributed by atoms with Gasteiger partial charge in [0.2, 0.25) is 5.91 Å². The minimum absolute atomic E-state index is 0.244. The van der Waals surface area contributed by atoms with Crippen molar-refractivity contribution in [3.63, 3.8) is 0 Å². The molecule has 1 aromatic rings. The van der Waals surface area contributed by atoms with E-state index in [4.69, 9.17) is 5.73 Å². The highest BCUT2D eigenvalue weighted by Crippen LogP contribution is 2.14. The third-order valence-corrected chi connectivity index (χ3v) is 3.11. The molecule has 4 nitrogen and oxygen atoms in total. The van der Waals surface area contributed by atoms with Crippen LogP contribution in [0.2, 0.25) is 0 Å². The summed E-state index contributed by atoms with van der Waals surface area (Å²) in [5.74, 6) is 0.244. The van der Waals surface area contributed by atoms with E-state index in [1.165, 1.54) is 12.8 Å². The molecule has 1 aromatic heterocycles.